The molecule has 3 rings (SSSR count). The number of anilines is 2. The lowest BCUT2D eigenvalue weighted by molar-refractivity contribution is -0.132. The summed E-state index contributed by atoms with van der Waals surface area (Å²) in [6.07, 6.45) is 1.91. The Morgan fingerprint density at radius 2 is 2.16 bits per heavy atom. The van der Waals surface area contributed by atoms with Crippen molar-refractivity contribution in [2.45, 2.75) is 32.7 Å². The van der Waals surface area contributed by atoms with Crippen molar-refractivity contribution in [3.8, 4) is 0 Å². The van der Waals surface area contributed by atoms with E-state index in [4.69, 9.17) is 0 Å². The van der Waals surface area contributed by atoms with Gasteiger partial charge in [0.1, 0.15) is 16.6 Å². The summed E-state index contributed by atoms with van der Waals surface area (Å²) >= 11 is 1.48. The van der Waals surface area contributed by atoms with Gasteiger partial charge in [0.25, 0.3) is 0 Å². The van der Waals surface area contributed by atoms with Gasteiger partial charge in [-0.25, -0.2) is 9.97 Å². The first-order chi connectivity index (χ1) is 11.9. The molecule has 1 saturated heterocycles. The van der Waals surface area contributed by atoms with Crippen LogP contribution in [-0.2, 0) is 4.79 Å². The summed E-state index contributed by atoms with van der Waals surface area (Å²) in [7, 11) is 3.81. The zero-order valence-electron chi connectivity index (χ0n) is 15.0. The Morgan fingerprint density at radius 1 is 1.36 bits per heavy atom. The van der Waals surface area contributed by atoms with E-state index in [1.807, 2.05) is 43.8 Å². The molecule has 1 atom stereocenters. The minimum Gasteiger partial charge on any atom is -0.333 e. The van der Waals surface area contributed by atoms with Gasteiger partial charge in [0.15, 0.2) is 0 Å². The number of aromatic nitrogens is 4. The molecule has 1 aliphatic heterocycles. The highest BCUT2D eigenvalue weighted by Crippen LogP contribution is 2.32. The Morgan fingerprint density at radius 3 is 2.84 bits per heavy atom. The molecule has 1 N–H and O–H groups in total. The molecule has 3 heterocycles. The van der Waals surface area contributed by atoms with Gasteiger partial charge >= 0.3 is 0 Å². The van der Waals surface area contributed by atoms with E-state index >= 15 is 0 Å². The number of likely N-dealkylation sites (N-methyl/N-ethyl adjacent to an activating group) is 1. The van der Waals surface area contributed by atoms with Crippen LogP contribution >= 0.6 is 11.3 Å². The van der Waals surface area contributed by atoms with Crippen LogP contribution in [0.4, 0.5) is 10.9 Å². The molecule has 134 valence electrons. The molecular formula is C16H23N7OS. The van der Waals surface area contributed by atoms with Gasteiger partial charge in [0.2, 0.25) is 11.0 Å². The van der Waals surface area contributed by atoms with Crippen molar-refractivity contribution in [3.63, 3.8) is 0 Å². The zero-order valence-corrected chi connectivity index (χ0v) is 15.8. The van der Waals surface area contributed by atoms with E-state index in [1.165, 1.54) is 11.3 Å². The summed E-state index contributed by atoms with van der Waals surface area (Å²) in [6, 6.07) is 1.92. The number of carbonyl (C=O) groups is 1. The Hall–Kier alpha value is -2.13. The number of aryl methyl sites for hydroxylation is 2. The van der Waals surface area contributed by atoms with Crippen molar-refractivity contribution in [3.05, 3.63) is 22.6 Å². The maximum absolute atomic E-state index is 12.5. The zero-order chi connectivity index (χ0) is 18.0. The van der Waals surface area contributed by atoms with Crippen molar-refractivity contribution in [1.82, 2.24) is 30.0 Å². The number of carbonyl (C=O) groups excluding carboxylic acids is 1. The number of likely N-dealkylation sites (tertiary alicyclic amines) is 1. The SMILES string of the molecule is Cc1nc(Nc2nnc(C)s2)cc(C2CCCN2C(=O)CN(C)C)n1. The topological polar surface area (TPSA) is 87.1 Å². The first-order valence-corrected chi connectivity index (χ1v) is 9.11. The molecule has 25 heavy (non-hydrogen) atoms. The minimum atomic E-state index is 0.00542. The quantitative estimate of drug-likeness (QED) is 0.870. The number of nitrogens with zero attached hydrogens (tertiary/aromatic N) is 6. The van der Waals surface area contributed by atoms with E-state index in [9.17, 15) is 4.79 Å². The highest BCUT2D eigenvalue weighted by Gasteiger charge is 2.31. The van der Waals surface area contributed by atoms with Crippen LogP contribution in [0.2, 0.25) is 0 Å². The molecule has 1 unspecified atom stereocenters. The molecule has 0 saturated carbocycles. The highest BCUT2D eigenvalue weighted by atomic mass is 32.1. The average Bonchev–Trinajstić information content (AvgIpc) is 3.15. The van der Waals surface area contributed by atoms with Gasteiger partial charge in [-0.1, -0.05) is 11.3 Å². The van der Waals surface area contributed by atoms with Crippen molar-refractivity contribution in [2.24, 2.45) is 0 Å². The maximum Gasteiger partial charge on any atom is 0.237 e. The third-order valence-electron chi connectivity index (χ3n) is 3.98. The predicted octanol–water partition coefficient (Wildman–Crippen LogP) is 1.91. The molecule has 1 amide bonds. The predicted molar refractivity (Wildman–Crippen MR) is 96.9 cm³/mol. The van der Waals surface area contributed by atoms with Crippen LogP contribution in [0.5, 0.6) is 0 Å². The van der Waals surface area contributed by atoms with E-state index in [0.717, 1.165) is 30.1 Å². The van der Waals surface area contributed by atoms with E-state index in [0.29, 0.717) is 23.3 Å². The molecule has 2 aromatic heterocycles. The first-order valence-electron chi connectivity index (χ1n) is 8.29. The average molecular weight is 361 g/mol. The molecule has 2 aromatic rings. The fraction of sp³-hybridized carbons (Fsp3) is 0.562. The second kappa shape index (κ2) is 7.40. The summed E-state index contributed by atoms with van der Waals surface area (Å²) in [5.74, 6) is 1.50. The molecule has 1 fully saturated rings. The largest absolute Gasteiger partial charge is 0.333 e. The third kappa shape index (κ3) is 4.29. The number of amides is 1. The van der Waals surface area contributed by atoms with Crippen LogP contribution in [0.15, 0.2) is 6.07 Å². The van der Waals surface area contributed by atoms with Crippen LogP contribution in [0.25, 0.3) is 0 Å². The van der Waals surface area contributed by atoms with Crippen molar-refractivity contribution >= 4 is 28.2 Å². The smallest absolute Gasteiger partial charge is 0.237 e. The second-order valence-electron chi connectivity index (χ2n) is 6.46. The summed E-state index contributed by atoms with van der Waals surface area (Å²) < 4.78 is 0. The van der Waals surface area contributed by atoms with Crippen LogP contribution in [0, 0.1) is 13.8 Å². The number of rotatable bonds is 5. The van der Waals surface area contributed by atoms with E-state index in [1.54, 1.807) is 0 Å². The van der Waals surface area contributed by atoms with Crippen LogP contribution in [0.1, 0.15) is 35.4 Å². The van der Waals surface area contributed by atoms with Crippen molar-refractivity contribution in [1.29, 1.82) is 0 Å². The Bertz CT molecular complexity index is 761. The normalized spacial score (nSPS) is 17.3. The van der Waals surface area contributed by atoms with Crippen LogP contribution in [-0.4, -0.2) is 63.1 Å². The lowest BCUT2D eigenvalue weighted by atomic mass is 10.1. The van der Waals surface area contributed by atoms with E-state index in [-0.39, 0.29) is 11.9 Å². The molecule has 0 bridgehead atoms. The Balaban J connectivity index is 1.82. The summed E-state index contributed by atoms with van der Waals surface area (Å²) in [6.45, 7) is 4.96. The molecule has 0 aliphatic carbocycles. The van der Waals surface area contributed by atoms with E-state index < -0.39 is 0 Å². The number of nitrogens with one attached hydrogen (secondary N) is 1. The molecule has 0 aromatic carbocycles. The van der Waals surface area contributed by atoms with Gasteiger partial charge in [0, 0.05) is 12.6 Å². The first kappa shape index (κ1) is 17.7. The summed E-state index contributed by atoms with van der Waals surface area (Å²) in [5.41, 5.74) is 0.876. The van der Waals surface area contributed by atoms with Gasteiger partial charge in [0.05, 0.1) is 18.3 Å². The fourth-order valence-corrected chi connectivity index (χ4v) is 3.61. The van der Waals surface area contributed by atoms with E-state index in [2.05, 4.69) is 25.5 Å². The molecule has 0 spiro atoms. The molecular weight excluding hydrogens is 338 g/mol. The monoisotopic (exact) mass is 361 g/mol. The molecule has 1 aliphatic rings. The molecule has 0 radical (unpaired) electrons. The van der Waals surface area contributed by atoms with Crippen LogP contribution in [0.3, 0.4) is 0 Å². The fourth-order valence-electron chi connectivity index (χ4n) is 3.02. The lowest BCUT2D eigenvalue weighted by Gasteiger charge is -2.26. The number of hydrogen-bond acceptors (Lipinski definition) is 8. The maximum atomic E-state index is 12.5. The van der Waals surface area contributed by atoms with Gasteiger partial charge in [-0.15, -0.1) is 10.2 Å². The number of hydrogen-bond donors (Lipinski definition) is 1. The summed E-state index contributed by atoms with van der Waals surface area (Å²) in [4.78, 5) is 25.4. The second-order valence-corrected chi connectivity index (χ2v) is 7.64. The summed E-state index contributed by atoms with van der Waals surface area (Å²) in [5, 5.41) is 12.9. The van der Waals surface area contributed by atoms with Crippen molar-refractivity contribution in [2.75, 3.05) is 32.5 Å². The standard InChI is InChI=1S/C16H23N7OS/c1-10-17-12(8-14(18-10)19-16-21-20-11(2)25-16)13-6-5-7-23(13)15(24)9-22(3)4/h8,13H,5-7,9H2,1-4H3,(H,17,18,19,21). The Kier molecular flexibility index (Phi) is 5.24. The molecule has 9 heteroatoms. The third-order valence-corrected chi connectivity index (χ3v) is 4.74. The molecule has 8 nitrogen and oxygen atoms in total. The van der Waals surface area contributed by atoms with Gasteiger partial charge < -0.3 is 15.1 Å². The van der Waals surface area contributed by atoms with Gasteiger partial charge in [-0.2, -0.15) is 0 Å². The Labute approximate surface area is 151 Å². The van der Waals surface area contributed by atoms with Gasteiger partial charge in [-0.05, 0) is 40.8 Å². The van der Waals surface area contributed by atoms with Gasteiger partial charge in [-0.3, -0.25) is 4.79 Å². The minimum absolute atomic E-state index is 0.00542. The lowest BCUT2D eigenvalue weighted by Crippen LogP contribution is -2.37. The van der Waals surface area contributed by atoms with Crippen LogP contribution < -0.4 is 5.32 Å². The highest BCUT2D eigenvalue weighted by molar-refractivity contribution is 7.15. The van der Waals surface area contributed by atoms with Crippen molar-refractivity contribution < 1.29 is 4.79 Å².